The molecule has 0 radical (unpaired) electrons. The molecule has 0 fully saturated rings. The fourth-order valence-corrected chi connectivity index (χ4v) is 0.897. The highest BCUT2D eigenvalue weighted by Gasteiger charge is 2.21. The SMILES string of the molecule is C/C=C(/C=C/C(O)OC)CC=C=CC(F)(F)F. The van der Waals surface area contributed by atoms with Gasteiger partial charge in [-0.3, -0.25) is 0 Å². The van der Waals surface area contributed by atoms with Crippen molar-refractivity contribution >= 4 is 0 Å². The third-order valence-corrected chi connectivity index (χ3v) is 1.79. The molecule has 17 heavy (non-hydrogen) atoms. The van der Waals surface area contributed by atoms with Gasteiger partial charge in [0.25, 0.3) is 0 Å². The topological polar surface area (TPSA) is 29.5 Å². The van der Waals surface area contributed by atoms with Crippen LogP contribution in [0.5, 0.6) is 0 Å². The molecule has 0 aromatic rings. The van der Waals surface area contributed by atoms with Crippen molar-refractivity contribution in [1.82, 2.24) is 0 Å². The van der Waals surface area contributed by atoms with E-state index in [0.717, 1.165) is 5.57 Å². The van der Waals surface area contributed by atoms with Gasteiger partial charge in [0.05, 0.1) is 6.08 Å². The number of halogens is 3. The Bertz CT molecular complexity index is 334. The third kappa shape index (κ3) is 9.63. The molecule has 0 aliphatic rings. The van der Waals surface area contributed by atoms with Crippen molar-refractivity contribution in [3.63, 3.8) is 0 Å². The highest BCUT2D eigenvalue weighted by Crippen LogP contribution is 2.15. The lowest BCUT2D eigenvalue weighted by molar-refractivity contribution is -0.0796. The second-order valence-electron chi connectivity index (χ2n) is 3.11. The van der Waals surface area contributed by atoms with Gasteiger partial charge in [-0.25, -0.2) is 0 Å². The fraction of sp³-hybridized carbons (Fsp3) is 0.417. The van der Waals surface area contributed by atoms with E-state index in [2.05, 4.69) is 4.74 Å². The van der Waals surface area contributed by atoms with Crippen LogP contribution in [0.3, 0.4) is 0 Å². The van der Waals surface area contributed by atoms with Crippen LogP contribution in [0.25, 0.3) is 0 Å². The number of aliphatic hydroxyl groups is 1. The van der Waals surface area contributed by atoms with Crippen molar-refractivity contribution in [1.29, 1.82) is 0 Å². The summed E-state index contributed by atoms with van der Waals surface area (Å²) in [6.45, 7) is 1.75. The van der Waals surface area contributed by atoms with E-state index in [1.165, 1.54) is 19.3 Å². The summed E-state index contributed by atoms with van der Waals surface area (Å²) < 4.78 is 39.8. The number of methoxy groups -OCH3 is 1. The normalized spacial score (nSPS) is 14.6. The molecule has 1 N–H and O–H groups in total. The predicted molar refractivity (Wildman–Crippen MR) is 59.2 cm³/mol. The predicted octanol–water partition coefficient (Wildman–Crippen LogP) is 3.12. The Morgan fingerprint density at radius 1 is 1.47 bits per heavy atom. The Kier molecular flexibility index (Phi) is 7.30. The zero-order chi connectivity index (χ0) is 13.3. The molecular formula is C12H15F3O2. The minimum absolute atomic E-state index is 0.0496. The molecular weight excluding hydrogens is 233 g/mol. The van der Waals surface area contributed by atoms with Crippen LogP contribution in [0.2, 0.25) is 0 Å². The summed E-state index contributed by atoms with van der Waals surface area (Å²) in [6.07, 6.45) is 0.978. The standard InChI is InChI=1S/C12H15F3O2/c1-3-10(7-8-11(16)17-2)6-4-5-9-12(13,14)15/h3-4,7-9,11,16H,6H2,1-2H3/b8-7+,10-3+. The van der Waals surface area contributed by atoms with Gasteiger partial charge in [-0.05, 0) is 31.1 Å². The molecule has 0 rings (SSSR count). The average Bonchev–Trinajstić information content (AvgIpc) is 2.26. The minimum atomic E-state index is -4.34. The van der Waals surface area contributed by atoms with Crippen molar-refractivity contribution in [2.24, 2.45) is 0 Å². The molecule has 2 nitrogen and oxygen atoms in total. The minimum Gasteiger partial charge on any atom is -0.365 e. The summed E-state index contributed by atoms with van der Waals surface area (Å²) in [5.74, 6) is 0. The van der Waals surface area contributed by atoms with Gasteiger partial charge in [0.1, 0.15) is 0 Å². The lowest BCUT2D eigenvalue weighted by atomic mass is 10.1. The first kappa shape index (κ1) is 15.7. The van der Waals surface area contributed by atoms with E-state index >= 15 is 0 Å². The Labute approximate surface area is 98.4 Å². The number of hydrogen-bond acceptors (Lipinski definition) is 2. The van der Waals surface area contributed by atoms with Crippen LogP contribution >= 0.6 is 0 Å². The molecule has 0 bridgehead atoms. The summed E-state index contributed by atoms with van der Waals surface area (Å²) >= 11 is 0. The molecule has 96 valence electrons. The summed E-state index contributed by atoms with van der Waals surface area (Å²) in [6, 6.07) is 0. The highest BCUT2D eigenvalue weighted by atomic mass is 19.4. The third-order valence-electron chi connectivity index (χ3n) is 1.79. The molecule has 5 heteroatoms. The molecule has 0 aliphatic heterocycles. The Morgan fingerprint density at radius 2 is 2.12 bits per heavy atom. The molecule has 0 spiro atoms. The maximum absolute atomic E-state index is 11.7. The van der Waals surface area contributed by atoms with Crippen LogP contribution in [0.4, 0.5) is 13.2 Å². The lowest BCUT2D eigenvalue weighted by Gasteiger charge is -2.01. The first-order chi connectivity index (χ1) is 7.89. The highest BCUT2D eigenvalue weighted by molar-refractivity contribution is 5.21. The van der Waals surface area contributed by atoms with Crippen LogP contribution in [0.1, 0.15) is 13.3 Å². The van der Waals surface area contributed by atoms with E-state index in [1.807, 2.05) is 5.73 Å². The van der Waals surface area contributed by atoms with Crippen molar-refractivity contribution < 1.29 is 23.0 Å². The number of hydrogen-bond donors (Lipinski definition) is 1. The molecule has 0 aromatic carbocycles. The first-order valence-corrected chi connectivity index (χ1v) is 4.92. The van der Waals surface area contributed by atoms with Crippen LogP contribution in [0, 0.1) is 0 Å². The Hall–Kier alpha value is -1.29. The molecule has 0 saturated heterocycles. The van der Waals surface area contributed by atoms with Gasteiger partial charge in [-0.1, -0.05) is 12.2 Å². The monoisotopic (exact) mass is 248 g/mol. The largest absolute Gasteiger partial charge is 0.416 e. The summed E-state index contributed by atoms with van der Waals surface area (Å²) in [4.78, 5) is 0. The molecule has 1 unspecified atom stereocenters. The van der Waals surface area contributed by atoms with Crippen LogP contribution in [-0.2, 0) is 4.74 Å². The van der Waals surface area contributed by atoms with Crippen LogP contribution in [0.15, 0.2) is 41.7 Å². The van der Waals surface area contributed by atoms with Gasteiger partial charge in [-0.15, -0.1) is 5.73 Å². The van der Waals surface area contributed by atoms with Crippen molar-refractivity contribution in [3.8, 4) is 0 Å². The average molecular weight is 248 g/mol. The number of allylic oxidation sites excluding steroid dienone is 4. The number of alkyl halides is 3. The fourth-order valence-electron chi connectivity index (χ4n) is 0.897. The van der Waals surface area contributed by atoms with E-state index in [9.17, 15) is 13.2 Å². The summed E-state index contributed by atoms with van der Waals surface area (Å²) in [7, 11) is 1.34. The summed E-state index contributed by atoms with van der Waals surface area (Å²) in [5.41, 5.74) is 2.80. The van der Waals surface area contributed by atoms with Gasteiger partial charge in [0.2, 0.25) is 0 Å². The zero-order valence-electron chi connectivity index (χ0n) is 9.66. The van der Waals surface area contributed by atoms with E-state index < -0.39 is 12.5 Å². The maximum atomic E-state index is 11.7. The van der Waals surface area contributed by atoms with Crippen LogP contribution in [-0.4, -0.2) is 24.7 Å². The quantitative estimate of drug-likeness (QED) is 0.460. The molecule has 0 saturated carbocycles. The number of ether oxygens (including phenoxy) is 1. The second kappa shape index (κ2) is 7.90. The number of aliphatic hydroxyl groups excluding tert-OH is 1. The van der Waals surface area contributed by atoms with Crippen molar-refractivity contribution in [2.75, 3.05) is 7.11 Å². The van der Waals surface area contributed by atoms with E-state index in [4.69, 9.17) is 5.11 Å². The van der Waals surface area contributed by atoms with Crippen LogP contribution < -0.4 is 0 Å². The molecule has 1 atom stereocenters. The van der Waals surface area contributed by atoms with Gasteiger partial charge in [-0.2, -0.15) is 13.2 Å². The molecule has 0 heterocycles. The smallest absolute Gasteiger partial charge is 0.365 e. The second-order valence-corrected chi connectivity index (χ2v) is 3.11. The van der Waals surface area contributed by atoms with E-state index in [1.54, 1.807) is 19.1 Å². The van der Waals surface area contributed by atoms with Gasteiger partial charge >= 0.3 is 6.18 Å². The lowest BCUT2D eigenvalue weighted by Crippen LogP contribution is -2.03. The molecule has 0 aromatic heterocycles. The van der Waals surface area contributed by atoms with E-state index in [0.29, 0.717) is 6.42 Å². The van der Waals surface area contributed by atoms with Crippen molar-refractivity contribution in [2.45, 2.75) is 25.8 Å². The Morgan fingerprint density at radius 3 is 2.59 bits per heavy atom. The van der Waals surface area contributed by atoms with E-state index in [-0.39, 0.29) is 6.08 Å². The zero-order valence-corrected chi connectivity index (χ0v) is 9.66. The summed E-state index contributed by atoms with van der Waals surface area (Å²) in [5, 5.41) is 9.06. The van der Waals surface area contributed by atoms with Crippen molar-refractivity contribution in [3.05, 3.63) is 41.7 Å². The van der Waals surface area contributed by atoms with Gasteiger partial charge in [0, 0.05) is 7.11 Å². The van der Waals surface area contributed by atoms with Gasteiger partial charge < -0.3 is 9.84 Å². The Balaban J connectivity index is 4.36. The number of rotatable bonds is 5. The van der Waals surface area contributed by atoms with Gasteiger partial charge in [0.15, 0.2) is 6.29 Å². The molecule has 0 amide bonds. The first-order valence-electron chi connectivity index (χ1n) is 4.92. The maximum Gasteiger partial charge on any atom is 0.416 e. The molecule has 0 aliphatic carbocycles.